The summed E-state index contributed by atoms with van der Waals surface area (Å²) < 4.78 is -0.805. The molecule has 2 unspecified atom stereocenters. The van der Waals surface area contributed by atoms with Crippen LogP contribution in [-0.4, -0.2) is 33.2 Å². The molecule has 0 saturated heterocycles. The van der Waals surface area contributed by atoms with E-state index in [1.165, 1.54) is 10.4 Å². The van der Waals surface area contributed by atoms with Gasteiger partial charge in [0.2, 0.25) is 0 Å². The fourth-order valence-corrected chi connectivity index (χ4v) is 10.1. The lowest BCUT2D eigenvalue weighted by molar-refractivity contribution is 1.07. The van der Waals surface area contributed by atoms with E-state index >= 15 is 0 Å². The Morgan fingerprint density at radius 3 is 1.17 bits per heavy atom. The van der Waals surface area contributed by atoms with Crippen molar-refractivity contribution in [3.63, 3.8) is 0 Å². The van der Waals surface area contributed by atoms with E-state index in [2.05, 4.69) is 88.8 Å². The van der Waals surface area contributed by atoms with E-state index in [-0.39, 0.29) is 0 Å². The van der Waals surface area contributed by atoms with Gasteiger partial charge in [0, 0.05) is 0 Å². The SMILES string of the molecule is C[Si](C)(C)C1=CC(Cl)([Si](C)(C)C2(Cl)C=CC([Si](C)(C)C)=C2)C=C1. The highest BCUT2D eigenvalue weighted by Gasteiger charge is 2.56. The molecule has 0 aliphatic heterocycles. The van der Waals surface area contributed by atoms with Crippen LogP contribution in [0.25, 0.3) is 0 Å². The van der Waals surface area contributed by atoms with Crippen molar-refractivity contribution in [3.8, 4) is 0 Å². The highest BCUT2D eigenvalue weighted by Crippen LogP contribution is 2.49. The second-order valence-electron chi connectivity index (χ2n) is 9.53. The Bertz CT molecular complexity index is 576. The molecule has 0 nitrogen and oxygen atoms in total. The number of hydrogen-bond donors (Lipinski definition) is 0. The first kappa shape index (κ1) is 19.5. The first-order valence-electron chi connectivity index (χ1n) is 8.35. The molecule has 0 saturated carbocycles. The molecule has 0 amide bonds. The van der Waals surface area contributed by atoms with Gasteiger partial charge in [0.05, 0.1) is 25.1 Å². The first-order valence-corrected chi connectivity index (χ1v) is 19.1. The zero-order valence-corrected chi connectivity index (χ0v) is 20.2. The van der Waals surface area contributed by atoms with Crippen molar-refractivity contribution in [1.82, 2.24) is 0 Å². The lowest BCUT2D eigenvalue weighted by atomic mass is 10.4. The van der Waals surface area contributed by atoms with E-state index in [1.807, 2.05) is 0 Å². The molecule has 2 rings (SSSR count). The molecule has 0 aromatic carbocycles. The number of hydrogen-bond acceptors (Lipinski definition) is 0. The fraction of sp³-hybridized carbons (Fsp3) is 0.556. The summed E-state index contributed by atoms with van der Waals surface area (Å²) in [5.41, 5.74) is 0. The van der Waals surface area contributed by atoms with Gasteiger partial charge in [-0.05, 0) is 0 Å². The van der Waals surface area contributed by atoms with Gasteiger partial charge >= 0.3 is 0 Å². The number of alkyl halides is 2. The molecule has 0 fully saturated rings. The van der Waals surface area contributed by atoms with Gasteiger partial charge in [0.1, 0.15) is 8.07 Å². The van der Waals surface area contributed by atoms with Gasteiger partial charge in [-0.25, -0.2) is 0 Å². The van der Waals surface area contributed by atoms with Crippen molar-refractivity contribution >= 4 is 47.4 Å². The zero-order valence-electron chi connectivity index (χ0n) is 15.7. The molecule has 0 heterocycles. The van der Waals surface area contributed by atoms with Crippen molar-refractivity contribution in [2.75, 3.05) is 0 Å². The maximum Gasteiger partial charge on any atom is 0.114 e. The average molecular weight is 402 g/mol. The van der Waals surface area contributed by atoms with Gasteiger partial charge in [0.25, 0.3) is 0 Å². The Hall–Kier alpha value is 0.191. The summed E-state index contributed by atoms with van der Waals surface area (Å²) in [5, 5.41) is 2.90. The van der Waals surface area contributed by atoms with Crippen molar-refractivity contribution < 1.29 is 0 Å². The summed E-state index contributed by atoms with van der Waals surface area (Å²) in [6, 6.07) is 0. The van der Waals surface area contributed by atoms with Crippen LogP contribution in [-0.2, 0) is 0 Å². The van der Waals surface area contributed by atoms with Gasteiger partial charge in [-0.3, -0.25) is 0 Å². The lowest BCUT2D eigenvalue weighted by Gasteiger charge is -2.44. The summed E-state index contributed by atoms with van der Waals surface area (Å²) in [5.74, 6) is 0. The second kappa shape index (κ2) is 5.60. The summed E-state index contributed by atoms with van der Waals surface area (Å²) >= 11 is 14.4. The Labute approximate surface area is 155 Å². The molecule has 2 atom stereocenters. The standard InChI is InChI=1S/C18H30Cl2Si3/c1-21(2,3)15-9-11-17(19,13-15)23(7,8)18(20)12-10-16(14-18)22(4,5)6/h9-14H,1-8H3. The molecule has 0 N–H and O–H groups in total. The van der Waals surface area contributed by atoms with E-state index in [0.29, 0.717) is 0 Å². The van der Waals surface area contributed by atoms with Gasteiger partial charge in [-0.15, -0.1) is 23.2 Å². The number of rotatable bonds is 4. The quantitative estimate of drug-likeness (QED) is 0.374. The average Bonchev–Trinajstić information content (AvgIpc) is 2.94. The molecule has 0 spiro atoms. The Morgan fingerprint density at radius 2 is 0.957 bits per heavy atom. The van der Waals surface area contributed by atoms with Crippen molar-refractivity contribution in [2.24, 2.45) is 0 Å². The van der Waals surface area contributed by atoms with E-state index in [4.69, 9.17) is 23.2 Å². The van der Waals surface area contributed by atoms with Gasteiger partial charge < -0.3 is 0 Å². The Kier molecular flexibility index (Phi) is 4.75. The minimum Gasteiger partial charge on any atom is -0.114 e. The van der Waals surface area contributed by atoms with Crippen molar-refractivity contribution in [3.05, 3.63) is 46.8 Å². The molecule has 0 aromatic heterocycles. The molecular formula is C18H30Cl2Si3. The molecule has 2 aliphatic carbocycles. The highest BCUT2D eigenvalue weighted by molar-refractivity contribution is 6.98. The summed E-state index contributed by atoms with van der Waals surface area (Å²) in [7, 11) is -4.79. The van der Waals surface area contributed by atoms with Crippen LogP contribution in [0.1, 0.15) is 0 Å². The maximum absolute atomic E-state index is 7.18. The molecule has 0 bridgehead atoms. The van der Waals surface area contributed by atoms with Crippen LogP contribution < -0.4 is 0 Å². The van der Waals surface area contributed by atoms with Gasteiger partial charge in [-0.2, -0.15) is 0 Å². The van der Waals surface area contributed by atoms with Crippen molar-refractivity contribution in [1.29, 1.82) is 0 Å². The van der Waals surface area contributed by atoms with Gasteiger partial charge in [-0.1, -0.05) is 99.2 Å². The maximum atomic E-state index is 7.18. The number of halogens is 2. The third-order valence-corrected chi connectivity index (χ3v) is 17.2. The molecule has 0 aromatic rings. The van der Waals surface area contributed by atoms with Gasteiger partial charge in [0.15, 0.2) is 0 Å². The fourth-order valence-electron chi connectivity index (χ4n) is 3.07. The van der Waals surface area contributed by atoms with Crippen LogP contribution in [0.15, 0.2) is 46.8 Å². The van der Waals surface area contributed by atoms with E-state index < -0.39 is 33.2 Å². The molecule has 128 valence electrons. The molecule has 2 aliphatic rings. The predicted molar refractivity (Wildman–Crippen MR) is 116 cm³/mol. The summed E-state index contributed by atoms with van der Waals surface area (Å²) in [6.45, 7) is 18.9. The minimum absolute atomic E-state index is 0.403. The predicted octanol–water partition coefficient (Wildman–Crippen LogP) is 6.48. The first-order chi connectivity index (χ1) is 10.1. The largest absolute Gasteiger partial charge is 0.114 e. The molecule has 23 heavy (non-hydrogen) atoms. The minimum atomic E-state index is -2.08. The molecule has 5 heteroatoms. The molecule has 0 radical (unpaired) electrons. The third-order valence-electron chi connectivity index (χ3n) is 5.39. The topological polar surface area (TPSA) is 0 Å². The van der Waals surface area contributed by atoms with Crippen LogP contribution in [0.2, 0.25) is 52.4 Å². The van der Waals surface area contributed by atoms with Crippen LogP contribution >= 0.6 is 23.2 Å². The van der Waals surface area contributed by atoms with Crippen LogP contribution in [0.4, 0.5) is 0 Å². The van der Waals surface area contributed by atoms with E-state index in [1.54, 1.807) is 0 Å². The smallest absolute Gasteiger partial charge is 0.114 e. The number of allylic oxidation sites excluding steroid dienone is 8. The lowest BCUT2D eigenvalue weighted by Crippen LogP contribution is -2.60. The summed E-state index contributed by atoms with van der Waals surface area (Å²) in [4.78, 5) is 0. The van der Waals surface area contributed by atoms with Crippen LogP contribution in [0, 0.1) is 0 Å². The van der Waals surface area contributed by atoms with E-state index in [0.717, 1.165) is 0 Å². The van der Waals surface area contributed by atoms with E-state index in [9.17, 15) is 0 Å². The van der Waals surface area contributed by atoms with Crippen LogP contribution in [0.3, 0.4) is 0 Å². The highest BCUT2D eigenvalue weighted by atomic mass is 35.5. The Balaban J connectivity index is 2.45. The molecular weight excluding hydrogens is 371 g/mol. The summed E-state index contributed by atoms with van der Waals surface area (Å²) in [6.07, 6.45) is 13.6. The Morgan fingerprint density at radius 1 is 0.652 bits per heavy atom. The monoisotopic (exact) mass is 400 g/mol. The third kappa shape index (κ3) is 3.32. The second-order valence-corrected chi connectivity index (χ2v) is 26.5. The van der Waals surface area contributed by atoms with Crippen molar-refractivity contribution in [2.45, 2.75) is 61.4 Å². The van der Waals surface area contributed by atoms with Crippen LogP contribution in [0.5, 0.6) is 0 Å². The normalized spacial score (nSPS) is 31.6. The zero-order chi connectivity index (χ0) is 17.9.